The Labute approximate surface area is 116 Å². The van der Waals surface area contributed by atoms with Crippen LogP contribution in [0.3, 0.4) is 0 Å². The number of nitrogens with zero attached hydrogens (tertiary/aromatic N) is 2. The first-order valence-corrected chi connectivity index (χ1v) is 6.98. The van der Waals surface area contributed by atoms with E-state index in [0.717, 1.165) is 28.8 Å². The molecule has 0 atom stereocenters. The van der Waals surface area contributed by atoms with Crippen LogP contribution in [0.2, 0.25) is 5.02 Å². The van der Waals surface area contributed by atoms with E-state index in [-0.39, 0.29) is 0 Å². The standard InChI is InChI=1S/C13H14ClN3S/c1-15-8-11-6-7-16-13(17-11)9-18-12-4-2-10(14)3-5-12/h2-7,15H,8-9H2,1H3. The fraction of sp³-hybridized carbons (Fsp3) is 0.231. The molecule has 0 radical (unpaired) electrons. The van der Waals surface area contributed by atoms with Gasteiger partial charge < -0.3 is 5.32 Å². The molecule has 0 spiro atoms. The molecule has 0 amide bonds. The highest BCUT2D eigenvalue weighted by molar-refractivity contribution is 7.98. The first kappa shape index (κ1) is 13.3. The van der Waals surface area contributed by atoms with Crippen molar-refractivity contribution in [3.8, 4) is 0 Å². The minimum atomic E-state index is 0.756. The number of nitrogens with one attached hydrogen (secondary N) is 1. The summed E-state index contributed by atoms with van der Waals surface area (Å²) in [6.45, 7) is 0.765. The zero-order valence-corrected chi connectivity index (χ0v) is 11.6. The third-order valence-electron chi connectivity index (χ3n) is 2.30. The summed E-state index contributed by atoms with van der Waals surface area (Å²) in [4.78, 5) is 9.91. The third kappa shape index (κ3) is 3.98. The van der Waals surface area contributed by atoms with E-state index < -0.39 is 0 Å². The molecule has 0 unspecified atom stereocenters. The Morgan fingerprint density at radius 1 is 1.22 bits per heavy atom. The lowest BCUT2D eigenvalue weighted by atomic mass is 10.4. The molecule has 0 fully saturated rings. The van der Waals surface area contributed by atoms with Crippen LogP contribution < -0.4 is 5.32 Å². The second-order valence-electron chi connectivity index (χ2n) is 3.74. The Morgan fingerprint density at radius 3 is 2.72 bits per heavy atom. The summed E-state index contributed by atoms with van der Waals surface area (Å²) in [5.41, 5.74) is 1.01. The Hall–Kier alpha value is -1.10. The van der Waals surface area contributed by atoms with Gasteiger partial charge in [0.1, 0.15) is 5.82 Å². The highest BCUT2D eigenvalue weighted by Gasteiger charge is 2.01. The van der Waals surface area contributed by atoms with Crippen molar-refractivity contribution in [1.29, 1.82) is 0 Å². The van der Waals surface area contributed by atoms with E-state index in [1.165, 1.54) is 4.90 Å². The molecule has 0 aliphatic carbocycles. The van der Waals surface area contributed by atoms with Gasteiger partial charge >= 0.3 is 0 Å². The van der Waals surface area contributed by atoms with Crippen molar-refractivity contribution in [2.24, 2.45) is 0 Å². The fourth-order valence-electron chi connectivity index (χ4n) is 1.47. The van der Waals surface area contributed by atoms with E-state index in [4.69, 9.17) is 11.6 Å². The first-order valence-electron chi connectivity index (χ1n) is 5.61. The number of halogens is 1. The SMILES string of the molecule is CNCc1ccnc(CSc2ccc(Cl)cc2)n1. The fourth-order valence-corrected chi connectivity index (χ4v) is 2.36. The minimum Gasteiger partial charge on any atom is -0.314 e. The average molecular weight is 280 g/mol. The van der Waals surface area contributed by atoms with Crippen molar-refractivity contribution < 1.29 is 0 Å². The maximum absolute atomic E-state index is 5.84. The zero-order valence-electron chi connectivity index (χ0n) is 10.1. The lowest BCUT2D eigenvalue weighted by molar-refractivity contribution is 0.777. The number of aromatic nitrogens is 2. The van der Waals surface area contributed by atoms with Gasteiger partial charge in [-0.05, 0) is 37.4 Å². The Morgan fingerprint density at radius 2 is 2.00 bits per heavy atom. The highest BCUT2D eigenvalue weighted by Crippen LogP contribution is 2.22. The molecule has 2 aromatic rings. The topological polar surface area (TPSA) is 37.8 Å². The van der Waals surface area contributed by atoms with Gasteiger partial charge in [-0.25, -0.2) is 9.97 Å². The van der Waals surface area contributed by atoms with Gasteiger partial charge in [0.25, 0.3) is 0 Å². The smallest absolute Gasteiger partial charge is 0.138 e. The van der Waals surface area contributed by atoms with Crippen molar-refractivity contribution in [1.82, 2.24) is 15.3 Å². The van der Waals surface area contributed by atoms with Crippen molar-refractivity contribution in [3.05, 3.63) is 53.1 Å². The molecule has 0 aliphatic heterocycles. The second kappa shape index (κ2) is 6.73. The van der Waals surface area contributed by atoms with Gasteiger partial charge in [-0.2, -0.15) is 0 Å². The molecule has 5 heteroatoms. The third-order valence-corrected chi connectivity index (χ3v) is 3.56. The van der Waals surface area contributed by atoms with Crippen LogP contribution in [0.25, 0.3) is 0 Å². The number of rotatable bonds is 5. The van der Waals surface area contributed by atoms with Gasteiger partial charge in [-0.1, -0.05) is 11.6 Å². The zero-order chi connectivity index (χ0) is 12.8. The maximum Gasteiger partial charge on any atom is 0.138 e. The molecule has 0 saturated carbocycles. The highest BCUT2D eigenvalue weighted by atomic mass is 35.5. The maximum atomic E-state index is 5.84. The predicted octanol–water partition coefficient (Wildman–Crippen LogP) is 3.14. The van der Waals surface area contributed by atoms with E-state index in [0.29, 0.717) is 0 Å². The van der Waals surface area contributed by atoms with E-state index in [2.05, 4.69) is 15.3 Å². The molecule has 94 valence electrons. The average Bonchev–Trinajstić information content (AvgIpc) is 2.39. The van der Waals surface area contributed by atoms with Crippen LogP contribution in [0.1, 0.15) is 11.5 Å². The van der Waals surface area contributed by atoms with E-state index in [1.54, 1.807) is 18.0 Å². The molecule has 1 heterocycles. The molecule has 3 nitrogen and oxygen atoms in total. The molecule has 1 N–H and O–H groups in total. The largest absolute Gasteiger partial charge is 0.314 e. The van der Waals surface area contributed by atoms with Crippen LogP contribution in [0.4, 0.5) is 0 Å². The molecule has 1 aromatic carbocycles. The molecule has 0 bridgehead atoms. The van der Waals surface area contributed by atoms with Gasteiger partial charge in [0, 0.05) is 22.7 Å². The van der Waals surface area contributed by atoms with Gasteiger partial charge in [-0.15, -0.1) is 11.8 Å². The molecular weight excluding hydrogens is 266 g/mol. The van der Waals surface area contributed by atoms with Gasteiger partial charge in [-0.3, -0.25) is 0 Å². The molecule has 2 rings (SSSR count). The summed E-state index contributed by atoms with van der Waals surface area (Å²) in [7, 11) is 1.91. The van der Waals surface area contributed by atoms with Crippen molar-refractivity contribution >= 4 is 23.4 Å². The molecule has 0 aliphatic rings. The normalized spacial score (nSPS) is 10.6. The monoisotopic (exact) mass is 279 g/mol. The van der Waals surface area contributed by atoms with Crippen LogP contribution in [-0.2, 0) is 12.3 Å². The lowest BCUT2D eigenvalue weighted by Crippen LogP contribution is -2.08. The van der Waals surface area contributed by atoms with Gasteiger partial charge in [0.15, 0.2) is 0 Å². The Balaban J connectivity index is 1.97. The second-order valence-corrected chi connectivity index (χ2v) is 5.22. The predicted molar refractivity (Wildman–Crippen MR) is 75.8 cm³/mol. The minimum absolute atomic E-state index is 0.756. The summed E-state index contributed by atoms with van der Waals surface area (Å²) >= 11 is 7.55. The van der Waals surface area contributed by atoms with E-state index in [9.17, 15) is 0 Å². The molecule has 18 heavy (non-hydrogen) atoms. The van der Waals surface area contributed by atoms with Crippen LogP contribution in [-0.4, -0.2) is 17.0 Å². The van der Waals surface area contributed by atoms with Crippen LogP contribution in [0.15, 0.2) is 41.4 Å². The summed E-state index contributed by atoms with van der Waals surface area (Å²) < 4.78 is 0. The van der Waals surface area contributed by atoms with Crippen molar-refractivity contribution in [2.75, 3.05) is 7.05 Å². The summed E-state index contributed by atoms with van der Waals surface area (Å²) in [5, 5.41) is 3.84. The van der Waals surface area contributed by atoms with Crippen LogP contribution in [0, 0.1) is 0 Å². The molecule has 1 aromatic heterocycles. The molecule has 0 saturated heterocycles. The Bertz CT molecular complexity index is 502. The number of hydrogen-bond acceptors (Lipinski definition) is 4. The number of thioether (sulfide) groups is 1. The van der Waals surface area contributed by atoms with Crippen molar-refractivity contribution in [3.63, 3.8) is 0 Å². The van der Waals surface area contributed by atoms with E-state index in [1.807, 2.05) is 37.4 Å². The van der Waals surface area contributed by atoms with Gasteiger partial charge in [0.05, 0.1) is 11.4 Å². The Kier molecular flexibility index (Phi) is 4.99. The summed E-state index contributed by atoms with van der Waals surface area (Å²) in [6, 6.07) is 9.71. The first-order chi connectivity index (χ1) is 8.78. The van der Waals surface area contributed by atoms with Gasteiger partial charge in [0.2, 0.25) is 0 Å². The molecular formula is C13H14ClN3S. The lowest BCUT2D eigenvalue weighted by Gasteiger charge is -2.03. The number of hydrogen-bond donors (Lipinski definition) is 1. The van der Waals surface area contributed by atoms with E-state index >= 15 is 0 Å². The quantitative estimate of drug-likeness (QED) is 0.854. The van der Waals surface area contributed by atoms with Crippen LogP contribution >= 0.6 is 23.4 Å². The summed E-state index contributed by atoms with van der Waals surface area (Å²) in [6.07, 6.45) is 1.80. The van der Waals surface area contributed by atoms with Crippen molar-refractivity contribution in [2.45, 2.75) is 17.2 Å². The van der Waals surface area contributed by atoms with Crippen LogP contribution in [0.5, 0.6) is 0 Å². The number of benzene rings is 1. The summed E-state index contributed by atoms with van der Waals surface area (Å²) in [5.74, 6) is 1.61.